The molecule has 1 aromatic heterocycles. The van der Waals surface area contributed by atoms with Crippen LogP contribution in [-0.2, 0) is 6.42 Å². The van der Waals surface area contributed by atoms with Gasteiger partial charge in [0.15, 0.2) is 11.6 Å². The number of hydrogen-bond donors (Lipinski definition) is 0. The van der Waals surface area contributed by atoms with Crippen molar-refractivity contribution in [3.8, 4) is 0 Å². The van der Waals surface area contributed by atoms with Gasteiger partial charge < -0.3 is 4.90 Å². The molecule has 0 unspecified atom stereocenters. The van der Waals surface area contributed by atoms with Crippen molar-refractivity contribution in [2.24, 2.45) is 11.8 Å². The Kier molecular flexibility index (Phi) is 4.72. The Labute approximate surface area is 115 Å². The monoisotopic (exact) mass is 265 g/mol. The molecule has 4 heteroatoms. The molecule has 1 saturated heterocycles. The van der Waals surface area contributed by atoms with Gasteiger partial charge in [-0.3, -0.25) is 0 Å². The van der Waals surface area contributed by atoms with Crippen LogP contribution in [-0.4, -0.2) is 23.1 Å². The van der Waals surface area contributed by atoms with Gasteiger partial charge in [-0.1, -0.05) is 20.8 Å². The number of anilines is 1. The zero-order valence-electron chi connectivity index (χ0n) is 12.2. The van der Waals surface area contributed by atoms with Gasteiger partial charge in [-0.2, -0.15) is 0 Å². The Hall–Kier alpha value is -1.19. The van der Waals surface area contributed by atoms with Gasteiger partial charge >= 0.3 is 0 Å². The summed E-state index contributed by atoms with van der Waals surface area (Å²) < 4.78 is 14.2. The van der Waals surface area contributed by atoms with E-state index >= 15 is 0 Å². The van der Waals surface area contributed by atoms with Crippen LogP contribution in [0.5, 0.6) is 0 Å². The summed E-state index contributed by atoms with van der Waals surface area (Å²) in [4.78, 5) is 10.2. The van der Waals surface area contributed by atoms with Crippen LogP contribution in [0, 0.1) is 17.7 Å². The van der Waals surface area contributed by atoms with Gasteiger partial charge in [0.2, 0.25) is 0 Å². The fourth-order valence-corrected chi connectivity index (χ4v) is 2.91. The number of aryl methyl sites for hydroxylation is 1. The highest BCUT2D eigenvalue weighted by atomic mass is 19.1. The van der Waals surface area contributed by atoms with E-state index in [1.54, 1.807) is 0 Å². The molecule has 1 fully saturated rings. The van der Waals surface area contributed by atoms with Crippen LogP contribution in [0.25, 0.3) is 0 Å². The molecule has 0 bridgehead atoms. The number of hydrogen-bond acceptors (Lipinski definition) is 3. The van der Waals surface area contributed by atoms with Gasteiger partial charge in [-0.15, -0.1) is 0 Å². The predicted molar refractivity (Wildman–Crippen MR) is 75.8 cm³/mol. The molecule has 1 aromatic rings. The third kappa shape index (κ3) is 3.43. The molecule has 2 heterocycles. The first-order chi connectivity index (χ1) is 9.11. The summed E-state index contributed by atoms with van der Waals surface area (Å²) in [7, 11) is 0. The molecule has 0 N–H and O–H groups in total. The highest BCUT2D eigenvalue weighted by Gasteiger charge is 2.23. The number of halogens is 1. The van der Waals surface area contributed by atoms with Crippen molar-refractivity contribution in [1.82, 2.24) is 9.97 Å². The topological polar surface area (TPSA) is 29.0 Å². The minimum absolute atomic E-state index is 0.229. The smallest absolute Gasteiger partial charge is 0.187 e. The van der Waals surface area contributed by atoms with E-state index in [1.807, 2.05) is 6.92 Å². The molecular weight excluding hydrogens is 241 g/mol. The first-order valence-corrected chi connectivity index (χ1v) is 7.36. The molecule has 1 aliphatic heterocycles. The van der Waals surface area contributed by atoms with Crippen LogP contribution in [0.2, 0.25) is 0 Å². The van der Waals surface area contributed by atoms with Crippen molar-refractivity contribution in [1.29, 1.82) is 0 Å². The molecule has 0 aliphatic carbocycles. The van der Waals surface area contributed by atoms with Crippen LogP contribution in [0.4, 0.5) is 10.2 Å². The molecule has 0 amide bonds. The lowest BCUT2D eigenvalue weighted by molar-refractivity contribution is 0.336. The van der Waals surface area contributed by atoms with Crippen LogP contribution in [0.3, 0.4) is 0 Å². The second-order valence-electron chi connectivity index (χ2n) is 5.87. The molecule has 1 aliphatic rings. The quantitative estimate of drug-likeness (QED) is 0.835. The van der Waals surface area contributed by atoms with E-state index < -0.39 is 0 Å². The largest absolute Gasteiger partial charge is 0.354 e. The maximum Gasteiger partial charge on any atom is 0.187 e. The highest BCUT2D eigenvalue weighted by molar-refractivity contribution is 5.41. The van der Waals surface area contributed by atoms with Crippen LogP contribution in [0.1, 0.15) is 45.7 Å². The van der Waals surface area contributed by atoms with E-state index in [9.17, 15) is 4.39 Å². The minimum Gasteiger partial charge on any atom is -0.354 e. The molecule has 2 rings (SSSR count). The molecule has 0 radical (unpaired) electrons. The summed E-state index contributed by atoms with van der Waals surface area (Å²) in [6.07, 6.45) is 5.66. The van der Waals surface area contributed by atoms with Crippen LogP contribution in [0.15, 0.2) is 6.33 Å². The molecule has 3 nitrogen and oxygen atoms in total. The van der Waals surface area contributed by atoms with Crippen molar-refractivity contribution in [3.63, 3.8) is 0 Å². The zero-order chi connectivity index (χ0) is 13.8. The van der Waals surface area contributed by atoms with Crippen molar-refractivity contribution >= 4 is 5.82 Å². The third-order valence-electron chi connectivity index (χ3n) is 3.90. The standard InChI is InChI=1S/C15H24FN3/c1-4-13-14(16)15(18-10-17-13)19-7-5-12(6-8-19)9-11(2)3/h10-12H,4-9H2,1-3H3. The van der Waals surface area contributed by atoms with Gasteiger partial charge in [0, 0.05) is 13.1 Å². The number of nitrogens with zero attached hydrogens (tertiary/aromatic N) is 3. The highest BCUT2D eigenvalue weighted by Crippen LogP contribution is 2.28. The molecule has 0 saturated carbocycles. The lowest BCUT2D eigenvalue weighted by Crippen LogP contribution is -2.35. The second-order valence-corrected chi connectivity index (χ2v) is 5.87. The Balaban J connectivity index is 2.01. The SMILES string of the molecule is CCc1ncnc(N2CCC(CC(C)C)CC2)c1F. The Morgan fingerprint density at radius 3 is 2.58 bits per heavy atom. The van der Waals surface area contributed by atoms with E-state index in [4.69, 9.17) is 0 Å². The van der Waals surface area contributed by atoms with Gasteiger partial charge in [0.05, 0.1) is 5.69 Å². The summed E-state index contributed by atoms with van der Waals surface area (Å²) >= 11 is 0. The lowest BCUT2D eigenvalue weighted by Gasteiger charge is -2.33. The van der Waals surface area contributed by atoms with Crippen molar-refractivity contribution in [2.75, 3.05) is 18.0 Å². The normalized spacial score (nSPS) is 17.2. The van der Waals surface area contributed by atoms with Crippen molar-refractivity contribution in [2.45, 2.75) is 46.5 Å². The average molecular weight is 265 g/mol. The molecule has 0 spiro atoms. The maximum atomic E-state index is 14.2. The minimum atomic E-state index is -0.229. The molecule has 106 valence electrons. The van der Waals surface area contributed by atoms with Crippen molar-refractivity contribution < 1.29 is 4.39 Å². The zero-order valence-corrected chi connectivity index (χ0v) is 12.2. The first kappa shape index (κ1) is 14.2. The summed E-state index contributed by atoms with van der Waals surface area (Å²) in [5, 5.41) is 0. The molecular formula is C15H24FN3. The van der Waals surface area contributed by atoms with E-state index in [2.05, 4.69) is 28.7 Å². The summed E-state index contributed by atoms with van der Waals surface area (Å²) in [5.74, 6) is 1.80. The number of rotatable bonds is 4. The van der Waals surface area contributed by atoms with Crippen LogP contribution < -0.4 is 4.90 Å². The number of aromatic nitrogens is 2. The predicted octanol–water partition coefficient (Wildman–Crippen LogP) is 3.44. The van der Waals surface area contributed by atoms with E-state index in [0.29, 0.717) is 17.9 Å². The number of piperidine rings is 1. The Morgan fingerprint density at radius 1 is 1.32 bits per heavy atom. The van der Waals surface area contributed by atoms with Gasteiger partial charge in [0.1, 0.15) is 6.33 Å². The summed E-state index contributed by atoms with van der Waals surface area (Å²) in [5.41, 5.74) is 0.523. The van der Waals surface area contributed by atoms with Gasteiger partial charge in [0.25, 0.3) is 0 Å². The third-order valence-corrected chi connectivity index (χ3v) is 3.90. The fraction of sp³-hybridized carbons (Fsp3) is 0.733. The molecule has 0 atom stereocenters. The van der Waals surface area contributed by atoms with E-state index in [-0.39, 0.29) is 5.82 Å². The molecule has 19 heavy (non-hydrogen) atoms. The maximum absolute atomic E-state index is 14.2. The first-order valence-electron chi connectivity index (χ1n) is 7.36. The van der Waals surface area contributed by atoms with Crippen LogP contribution >= 0.6 is 0 Å². The van der Waals surface area contributed by atoms with Gasteiger partial charge in [-0.25, -0.2) is 14.4 Å². The Morgan fingerprint density at radius 2 is 2.00 bits per heavy atom. The fourth-order valence-electron chi connectivity index (χ4n) is 2.91. The summed E-state index contributed by atoms with van der Waals surface area (Å²) in [6.45, 7) is 8.28. The molecule has 0 aromatic carbocycles. The van der Waals surface area contributed by atoms with E-state index in [1.165, 1.54) is 12.7 Å². The summed E-state index contributed by atoms with van der Waals surface area (Å²) in [6, 6.07) is 0. The van der Waals surface area contributed by atoms with Crippen molar-refractivity contribution in [3.05, 3.63) is 17.8 Å². The average Bonchev–Trinajstić information content (AvgIpc) is 2.39. The lowest BCUT2D eigenvalue weighted by atomic mass is 9.88. The second kappa shape index (κ2) is 6.31. The van der Waals surface area contributed by atoms with Gasteiger partial charge in [-0.05, 0) is 37.5 Å². The Bertz CT molecular complexity index is 412. The van der Waals surface area contributed by atoms with E-state index in [0.717, 1.165) is 37.8 Å².